The van der Waals surface area contributed by atoms with Crippen LogP contribution < -0.4 is 5.73 Å². The second-order valence-electron chi connectivity index (χ2n) is 3.26. The van der Waals surface area contributed by atoms with Gasteiger partial charge >= 0.3 is 0 Å². The van der Waals surface area contributed by atoms with Crippen molar-refractivity contribution in [2.24, 2.45) is 0 Å². The summed E-state index contributed by atoms with van der Waals surface area (Å²) in [5, 5.41) is 4.01. The molecular formula is C7H14N4S. The Morgan fingerprint density at radius 1 is 1.67 bits per heavy atom. The summed E-state index contributed by atoms with van der Waals surface area (Å²) in [6.07, 6.45) is 3.74. The smallest absolute Gasteiger partial charge is 0.239 e. The number of aromatic nitrogens is 3. The van der Waals surface area contributed by atoms with Crippen LogP contribution in [0.5, 0.6) is 0 Å². The molecule has 2 N–H and O–H groups in total. The van der Waals surface area contributed by atoms with E-state index in [4.69, 9.17) is 5.73 Å². The van der Waals surface area contributed by atoms with Crippen LogP contribution in [0.1, 0.15) is 13.8 Å². The number of rotatable bonds is 3. The van der Waals surface area contributed by atoms with Crippen molar-refractivity contribution >= 4 is 17.7 Å². The highest BCUT2D eigenvalue weighted by molar-refractivity contribution is 7.99. The van der Waals surface area contributed by atoms with Gasteiger partial charge in [-0.3, -0.25) is 0 Å². The van der Waals surface area contributed by atoms with E-state index in [2.05, 4.69) is 30.2 Å². The average molecular weight is 186 g/mol. The monoisotopic (exact) mass is 186 g/mol. The lowest BCUT2D eigenvalue weighted by atomic mass is 10.2. The molecule has 1 heterocycles. The standard InChI is InChI=1S/C7H14N4S/c1-7(2,12-3)4-11-5-9-6(8)10-11/h5H,4H2,1-3H3,(H2,8,10). The first-order chi connectivity index (χ1) is 5.53. The van der Waals surface area contributed by atoms with Gasteiger partial charge in [-0.1, -0.05) is 0 Å². The van der Waals surface area contributed by atoms with Gasteiger partial charge < -0.3 is 5.73 Å². The maximum atomic E-state index is 5.39. The van der Waals surface area contributed by atoms with Crippen LogP contribution in [0.15, 0.2) is 6.33 Å². The highest BCUT2D eigenvalue weighted by atomic mass is 32.2. The Morgan fingerprint density at radius 3 is 2.75 bits per heavy atom. The van der Waals surface area contributed by atoms with E-state index in [0.717, 1.165) is 6.54 Å². The maximum Gasteiger partial charge on any atom is 0.239 e. The number of hydrogen-bond donors (Lipinski definition) is 1. The second kappa shape index (κ2) is 3.35. The Bertz CT molecular complexity index is 256. The molecule has 4 nitrogen and oxygen atoms in total. The quantitative estimate of drug-likeness (QED) is 0.765. The van der Waals surface area contributed by atoms with Crippen LogP contribution in [0.3, 0.4) is 0 Å². The van der Waals surface area contributed by atoms with Crippen LogP contribution in [0.4, 0.5) is 5.95 Å². The molecule has 12 heavy (non-hydrogen) atoms. The number of thioether (sulfide) groups is 1. The normalized spacial score (nSPS) is 11.9. The Labute approximate surface area is 76.5 Å². The van der Waals surface area contributed by atoms with Gasteiger partial charge in [0.05, 0.1) is 6.54 Å². The van der Waals surface area contributed by atoms with E-state index in [1.807, 2.05) is 0 Å². The molecule has 0 aliphatic carbocycles. The van der Waals surface area contributed by atoms with Crippen LogP contribution >= 0.6 is 11.8 Å². The molecule has 68 valence electrons. The highest BCUT2D eigenvalue weighted by Crippen LogP contribution is 2.22. The molecule has 0 bridgehead atoms. The summed E-state index contributed by atoms with van der Waals surface area (Å²) in [7, 11) is 0. The third-order valence-electron chi connectivity index (χ3n) is 1.65. The van der Waals surface area contributed by atoms with Crippen LogP contribution in [0.25, 0.3) is 0 Å². The van der Waals surface area contributed by atoms with Crippen LogP contribution in [-0.2, 0) is 6.54 Å². The average Bonchev–Trinajstić information content (AvgIpc) is 2.35. The Kier molecular flexibility index (Phi) is 2.62. The van der Waals surface area contributed by atoms with Crippen molar-refractivity contribution in [2.45, 2.75) is 25.1 Å². The number of nitrogen functional groups attached to an aromatic ring is 1. The molecule has 1 aromatic heterocycles. The van der Waals surface area contributed by atoms with Gasteiger partial charge in [-0.25, -0.2) is 9.67 Å². The Balaban J connectivity index is 2.63. The van der Waals surface area contributed by atoms with Gasteiger partial charge in [-0.15, -0.1) is 5.10 Å². The van der Waals surface area contributed by atoms with Gasteiger partial charge in [0.2, 0.25) is 5.95 Å². The fourth-order valence-corrected chi connectivity index (χ4v) is 1.10. The summed E-state index contributed by atoms with van der Waals surface area (Å²) >= 11 is 1.80. The van der Waals surface area contributed by atoms with Crippen molar-refractivity contribution < 1.29 is 0 Å². The molecule has 0 saturated carbocycles. The molecule has 0 aliphatic rings. The van der Waals surface area contributed by atoms with Gasteiger partial charge in [0.1, 0.15) is 6.33 Å². The first kappa shape index (κ1) is 9.38. The van der Waals surface area contributed by atoms with Gasteiger partial charge in [-0.05, 0) is 20.1 Å². The van der Waals surface area contributed by atoms with Crippen LogP contribution in [0.2, 0.25) is 0 Å². The molecule has 0 spiro atoms. The first-order valence-electron chi connectivity index (χ1n) is 3.73. The van der Waals surface area contributed by atoms with Gasteiger partial charge in [0.15, 0.2) is 0 Å². The third kappa shape index (κ3) is 2.41. The number of nitrogens with zero attached hydrogens (tertiary/aromatic N) is 3. The van der Waals surface area contributed by atoms with Crippen molar-refractivity contribution in [3.8, 4) is 0 Å². The summed E-state index contributed by atoms with van der Waals surface area (Å²) in [6, 6.07) is 0. The second-order valence-corrected chi connectivity index (χ2v) is 4.78. The maximum absolute atomic E-state index is 5.39. The molecule has 5 heteroatoms. The molecule has 0 radical (unpaired) electrons. The summed E-state index contributed by atoms with van der Waals surface area (Å²) in [6.45, 7) is 5.16. The predicted octanol–water partition coefficient (Wildman–Crippen LogP) is 1.00. The molecule has 0 fully saturated rings. The molecule has 1 rings (SSSR count). The third-order valence-corrected chi connectivity index (χ3v) is 2.88. The fourth-order valence-electron chi connectivity index (χ4n) is 0.840. The van der Waals surface area contributed by atoms with Gasteiger partial charge in [0.25, 0.3) is 0 Å². The van der Waals surface area contributed by atoms with E-state index in [1.54, 1.807) is 22.8 Å². The van der Waals surface area contributed by atoms with Crippen molar-refractivity contribution in [3.63, 3.8) is 0 Å². The van der Waals surface area contributed by atoms with Crippen molar-refractivity contribution in [1.82, 2.24) is 14.8 Å². The SMILES string of the molecule is CSC(C)(C)Cn1cnc(N)n1. The van der Waals surface area contributed by atoms with E-state index in [1.165, 1.54) is 0 Å². The molecule has 0 unspecified atom stereocenters. The van der Waals surface area contributed by atoms with E-state index >= 15 is 0 Å². The largest absolute Gasteiger partial charge is 0.367 e. The number of anilines is 1. The molecular weight excluding hydrogens is 172 g/mol. The number of nitrogens with two attached hydrogens (primary N) is 1. The first-order valence-corrected chi connectivity index (χ1v) is 4.96. The van der Waals surface area contributed by atoms with E-state index in [9.17, 15) is 0 Å². The molecule has 1 aromatic rings. The van der Waals surface area contributed by atoms with E-state index in [0.29, 0.717) is 5.95 Å². The van der Waals surface area contributed by atoms with Crippen molar-refractivity contribution in [2.75, 3.05) is 12.0 Å². The van der Waals surface area contributed by atoms with Gasteiger partial charge in [-0.2, -0.15) is 11.8 Å². The van der Waals surface area contributed by atoms with Crippen LogP contribution in [-0.4, -0.2) is 25.8 Å². The minimum atomic E-state index is 0.181. The van der Waals surface area contributed by atoms with E-state index in [-0.39, 0.29) is 4.75 Å². The summed E-state index contributed by atoms with van der Waals surface area (Å²) in [5.74, 6) is 0.340. The Hall–Kier alpha value is -0.710. The zero-order valence-electron chi connectivity index (χ0n) is 7.61. The summed E-state index contributed by atoms with van der Waals surface area (Å²) in [5.41, 5.74) is 5.39. The van der Waals surface area contributed by atoms with Gasteiger partial charge in [0, 0.05) is 4.75 Å². The molecule has 0 amide bonds. The zero-order chi connectivity index (χ0) is 9.19. The number of hydrogen-bond acceptors (Lipinski definition) is 4. The predicted molar refractivity (Wildman–Crippen MR) is 52.0 cm³/mol. The lowest BCUT2D eigenvalue weighted by Gasteiger charge is -2.20. The summed E-state index contributed by atoms with van der Waals surface area (Å²) in [4.78, 5) is 3.86. The van der Waals surface area contributed by atoms with Crippen molar-refractivity contribution in [1.29, 1.82) is 0 Å². The van der Waals surface area contributed by atoms with E-state index < -0.39 is 0 Å². The summed E-state index contributed by atoms with van der Waals surface area (Å²) < 4.78 is 1.95. The Morgan fingerprint density at radius 2 is 2.33 bits per heavy atom. The van der Waals surface area contributed by atoms with Crippen LogP contribution in [0, 0.1) is 0 Å². The van der Waals surface area contributed by atoms with Crippen molar-refractivity contribution in [3.05, 3.63) is 6.33 Å². The molecule has 0 saturated heterocycles. The zero-order valence-corrected chi connectivity index (χ0v) is 8.43. The fraction of sp³-hybridized carbons (Fsp3) is 0.714. The molecule has 0 atom stereocenters. The molecule has 0 aromatic carbocycles. The lowest BCUT2D eigenvalue weighted by Crippen LogP contribution is -2.22. The minimum Gasteiger partial charge on any atom is -0.367 e. The minimum absolute atomic E-state index is 0.181. The lowest BCUT2D eigenvalue weighted by molar-refractivity contribution is 0.521. The molecule has 0 aliphatic heterocycles. The topological polar surface area (TPSA) is 56.7 Å². The highest BCUT2D eigenvalue weighted by Gasteiger charge is 2.17.